The molecule has 4 amide bonds. The van der Waals surface area contributed by atoms with Crippen LogP contribution in [-0.2, 0) is 24.0 Å². The SMILES string of the molecule is CC(C)[C@H](NC(=O)[C@H](CCCCN)NC(=O)CNC(=O)[C@@H](N)CCCN=C(N)N)C(=O)N[C@@H](CS)C(=O)O. The zero-order valence-corrected chi connectivity index (χ0v) is 22.8. The molecule has 0 rings (SSSR count). The fourth-order valence-electron chi connectivity index (χ4n) is 3.19. The lowest BCUT2D eigenvalue weighted by Crippen LogP contribution is -2.58. The van der Waals surface area contributed by atoms with Crippen molar-refractivity contribution < 1.29 is 29.1 Å². The van der Waals surface area contributed by atoms with E-state index in [1.54, 1.807) is 13.8 Å². The van der Waals surface area contributed by atoms with Crippen LogP contribution in [0.1, 0.15) is 46.0 Å². The third-order valence-corrected chi connectivity index (χ3v) is 5.74. The zero-order valence-electron chi connectivity index (χ0n) is 21.9. The van der Waals surface area contributed by atoms with Gasteiger partial charge in [-0.1, -0.05) is 13.8 Å². The van der Waals surface area contributed by atoms with Crippen LogP contribution in [0.3, 0.4) is 0 Å². The molecule has 38 heavy (non-hydrogen) atoms. The Morgan fingerprint density at radius 1 is 0.895 bits per heavy atom. The van der Waals surface area contributed by atoms with Crippen LogP contribution >= 0.6 is 12.6 Å². The van der Waals surface area contributed by atoms with E-state index in [4.69, 9.17) is 28.0 Å². The molecule has 0 aromatic carbocycles. The molecular weight excluding hydrogens is 518 g/mol. The van der Waals surface area contributed by atoms with Crippen molar-refractivity contribution in [1.29, 1.82) is 0 Å². The van der Waals surface area contributed by atoms with Crippen LogP contribution in [0.4, 0.5) is 0 Å². The normalized spacial score (nSPS) is 13.9. The van der Waals surface area contributed by atoms with Crippen molar-refractivity contribution in [2.45, 2.75) is 70.1 Å². The molecule has 4 atom stereocenters. The Balaban J connectivity index is 5.13. The van der Waals surface area contributed by atoms with Crippen molar-refractivity contribution in [3.05, 3.63) is 0 Å². The highest BCUT2D eigenvalue weighted by Gasteiger charge is 2.31. The molecule has 15 nitrogen and oxygen atoms in total. The van der Waals surface area contributed by atoms with E-state index in [2.05, 4.69) is 38.9 Å². The molecular formula is C22H43N9O6S. The van der Waals surface area contributed by atoms with Gasteiger partial charge in [0.05, 0.1) is 12.6 Å². The number of nitrogens with two attached hydrogens (primary N) is 4. The number of carboxylic acid groups (broad SMARTS) is 1. The fourth-order valence-corrected chi connectivity index (χ4v) is 3.44. The van der Waals surface area contributed by atoms with Crippen LogP contribution < -0.4 is 44.2 Å². The Hall–Kier alpha value is -3.11. The number of aliphatic carboxylic acids is 1. The predicted octanol–water partition coefficient (Wildman–Crippen LogP) is -3.26. The number of rotatable bonds is 19. The van der Waals surface area contributed by atoms with Crippen LogP contribution in [0.5, 0.6) is 0 Å². The molecule has 16 heteroatoms. The molecule has 0 unspecified atom stereocenters. The van der Waals surface area contributed by atoms with E-state index < -0.39 is 60.3 Å². The highest BCUT2D eigenvalue weighted by molar-refractivity contribution is 7.80. The van der Waals surface area contributed by atoms with Gasteiger partial charge in [-0.15, -0.1) is 0 Å². The third-order valence-electron chi connectivity index (χ3n) is 5.37. The molecule has 0 heterocycles. The molecule has 0 saturated heterocycles. The minimum atomic E-state index is -1.26. The van der Waals surface area contributed by atoms with Crippen molar-refractivity contribution >= 4 is 48.2 Å². The van der Waals surface area contributed by atoms with Gasteiger partial charge < -0.3 is 49.3 Å². The van der Waals surface area contributed by atoms with Gasteiger partial charge in [-0.3, -0.25) is 24.2 Å². The van der Waals surface area contributed by atoms with Gasteiger partial charge in [0.2, 0.25) is 23.6 Å². The average molecular weight is 562 g/mol. The van der Waals surface area contributed by atoms with E-state index >= 15 is 0 Å². The second kappa shape index (κ2) is 19.0. The van der Waals surface area contributed by atoms with Crippen molar-refractivity contribution in [3.63, 3.8) is 0 Å². The quantitative estimate of drug-likeness (QED) is 0.0325. The Labute approximate surface area is 228 Å². The summed E-state index contributed by atoms with van der Waals surface area (Å²) in [5, 5.41) is 19.1. The fraction of sp³-hybridized carbons (Fsp3) is 0.727. The molecule has 0 aliphatic rings. The predicted molar refractivity (Wildman–Crippen MR) is 146 cm³/mol. The molecule has 0 saturated carbocycles. The standard InChI is InChI=1S/C22H43N9O6S/c1-12(2)17(20(35)30-15(11-38)21(36)37)31-19(34)14(7-3-4-8-23)29-16(32)10-28-18(33)13(24)6-5-9-27-22(25)26/h12-15,17,38H,3-11,23-24H2,1-2H3,(H,28,33)(H,29,32)(H,30,35)(H,31,34)(H,36,37)(H4,25,26,27)/t13-,14-,15-,17-/m0/s1. The number of nitrogens with zero attached hydrogens (tertiary/aromatic N) is 1. The number of thiol groups is 1. The van der Waals surface area contributed by atoms with Crippen molar-refractivity contribution in [1.82, 2.24) is 21.3 Å². The van der Waals surface area contributed by atoms with Crippen LogP contribution in [0.15, 0.2) is 4.99 Å². The Bertz CT molecular complexity index is 823. The maximum absolute atomic E-state index is 13.0. The summed E-state index contributed by atoms with van der Waals surface area (Å²) < 4.78 is 0. The number of aliphatic imine (C=N–C) groups is 1. The van der Waals surface area contributed by atoms with Gasteiger partial charge in [-0.05, 0) is 44.6 Å². The molecule has 0 bridgehead atoms. The minimum Gasteiger partial charge on any atom is -0.480 e. The van der Waals surface area contributed by atoms with Gasteiger partial charge in [0.25, 0.3) is 0 Å². The smallest absolute Gasteiger partial charge is 0.327 e. The monoisotopic (exact) mass is 561 g/mol. The Morgan fingerprint density at radius 3 is 2.08 bits per heavy atom. The highest BCUT2D eigenvalue weighted by Crippen LogP contribution is 2.07. The molecule has 0 aliphatic heterocycles. The number of unbranched alkanes of at least 4 members (excludes halogenated alkanes) is 1. The van der Waals surface area contributed by atoms with Crippen LogP contribution in [0.25, 0.3) is 0 Å². The lowest BCUT2D eigenvalue weighted by molar-refractivity contribution is -0.142. The summed E-state index contributed by atoms with van der Waals surface area (Å²) in [5.74, 6) is -4.36. The maximum Gasteiger partial charge on any atom is 0.327 e. The Kier molecular flexibility index (Phi) is 17.5. The van der Waals surface area contributed by atoms with Gasteiger partial charge in [0.1, 0.15) is 18.1 Å². The van der Waals surface area contributed by atoms with Crippen LogP contribution in [-0.4, -0.2) is 90.2 Å². The lowest BCUT2D eigenvalue weighted by Gasteiger charge is -2.26. The summed E-state index contributed by atoms with van der Waals surface area (Å²) in [4.78, 5) is 65.4. The summed E-state index contributed by atoms with van der Waals surface area (Å²) in [7, 11) is 0. The Morgan fingerprint density at radius 2 is 1.55 bits per heavy atom. The zero-order chi connectivity index (χ0) is 29.3. The molecule has 0 aromatic rings. The van der Waals surface area contributed by atoms with Gasteiger partial charge in [-0.25, -0.2) is 4.79 Å². The number of amides is 4. The second-order valence-corrected chi connectivity index (χ2v) is 9.36. The van der Waals surface area contributed by atoms with Gasteiger partial charge >= 0.3 is 5.97 Å². The van der Waals surface area contributed by atoms with Gasteiger partial charge in [0.15, 0.2) is 5.96 Å². The first kappa shape index (κ1) is 34.9. The van der Waals surface area contributed by atoms with E-state index in [0.29, 0.717) is 38.8 Å². The van der Waals surface area contributed by atoms with Crippen molar-refractivity contribution in [3.8, 4) is 0 Å². The number of hydrogen-bond acceptors (Lipinski definition) is 9. The number of carboxylic acids is 1. The van der Waals surface area contributed by atoms with E-state index in [1.165, 1.54) is 0 Å². The number of carbonyl (C=O) groups excluding carboxylic acids is 4. The highest BCUT2D eigenvalue weighted by atomic mass is 32.1. The largest absolute Gasteiger partial charge is 0.480 e. The lowest BCUT2D eigenvalue weighted by atomic mass is 10.0. The molecule has 0 fully saturated rings. The van der Waals surface area contributed by atoms with Crippen LogP contribution in [0, 0.1) is 5.92 Å². The summed E-state index contributed by atoms with van der Waals surface area (Å²) >= 11 is 3.92. The molecule has 0 spiro atoms. The summed E-state index contributed by atoms with van der Waals surface area (Å²) in [6.45, 7) is 3.64. The summed E-state index contributed by atoms with van der Waals surface area (Å²) in [6.07, 6.45) is 2.10. The van der Waals surface area contributed by atoms with Crippen molar-refractivity contribution in [2.75, 3.05) is 25.4 Å². The third kappa shape index (κ3) is 14.6. The number of carbonyl (C=O) groups is 5. The molecule has 0 radical (unpaired) electrons. The number of hydrogen-bond donors (Lipinski definition) is 10. The second-order valence-electron chi connectivity index (χ2n) is 8.99. The van der Waals surface area contributed by atoms with E-state index in [9.17, 15) is 24.0 Å². The molecule has 0 aliphatic carbocycles. The van der Waals surface area contributed by atoms with Crippen molar-refractivity contribution in [2.24, 2.45) is 33.8 Å². The number of nitrogens with one attached hydrogen (secondary N) is 4. The first-order chi connectivity index (χ1) is 17.8. The average Bonchev–Trinajstić information content (AvgIpc) is 2.85. The molecule has 218 valence electrons. The van der Waals surface area contributed by atoms with E-state index in [0.717, 1.165) is 0 Å². The first-order valence-electron chi connectivity index (χ1n) is 12.4. The van der Waals surface area contributed by atoms with Gasteiger partial charge in [0, 0.05) is 12.3 Å². The minimum absolute atomic E-state index is 0.0628. The molecule has 13 N–H and O–H groups in total. The van der Waals surface area contributed by atoms with Gasteiger partial charge in [-0.2, -0.15) is 12.6 Å². The summed E-state index contributed by atoms with van der Waals surface area (Å²) in [6, 6.07) is -4.19. The van der Waals surface area contributed by atoms with Crippen LogP contribution in [0.2, 0.25) is 0 Å². The topological polar surface area (TPSA) is 270 Å². The summed E-state index contributed by atoms with van der Waals surface area (Å²) in [5.41, 5.74) is 21.8. The van der Waals surface area contributed by atoms with E-state index in [1.807, 2.05) is 0 Å². The molecule has 0 aromatic heterocycles. The first-order valence-corrected chi connectivity index (χ1v) is 13.0. The number of guanidine groups is 1. The maximum atomic E-state index is 13.0. The van der Waals surface area contributed by atoms with E-state index in [-0.39, 0.29) is 24.1 Å².